The van der Waals surface area contributed by atoms with E-state index in [0.717, 1.165) is 0 Å². The molecule has 1 aromatic rings. The summed E-state index contributed by atoms with van der Waals surface area (Å²) < 4.78 is 1.90. The Kier molecular flexibility index (Phi) is 21.3. The van der Waals surface area contributed by atoms with Gasteiger partial charge < -0.3 is 0 Å². The third-order valence-electron chi connectivity index (χ3n) is 14.1. The van der Waals surface area contributed by atoms with Crippen LogP contribution in [0.1, 0.15) is 205 Å². The average molecular weight is 865 g/mol. The summed E-state index contributed by atoms with van der Waals surface area (Å²) in [5.74, 6) is 0. The SMILES string of the molecule is C/C(=C\[CH]=[Ru]([Cl])[Cl])c1ccccc1.C1CCC([PH+](C2CCCCC2)C2CCCCC2)CC1.C1CCC([PH+](C2CCCCC2)C2CCCCC2)CC1. The molecule has 6 aliphatic rings. The first-order chi connectivity index (χ1) is 25.1. The zero-order valence-corrected chi connectivity index (χ0v) is 38.1. The van der Waals surface area contributed by atoms with Crippen LogP contribution >= 0.6 is 35.2 Å². The third-order valence-corrected chi connectivity index (χ3v) is 25.0. The normalized spacial score (nSPS) is 24.7. The second kappa shape index (κ2) is 25.2. The van der Waals surface area contributed by atoms with E-state index >= 15 is 0 Å². The number of allylic oxidation sites excluding steroid dienone is 2. The summed E-state index contributed by atoms with van der Waals surface area (Å²) in [6.07, 6.45) is 49.6. The first kappa shape index (κ1) is 43.0. The third kappa shape index (κ3) is 15.1. The second-order valence-corrected chi connectivity index (χ2v) is 30.2. The van der Waals surface area contributed by atoms with Crippen molar-refractivity contribution in [3.8, 4) is 0 Å². The maximum atomic E-state index is 5.72. The van der Waals surface area contributed by atoms with E-state index in [0.29, 0.717) is 0 Å². The number of rotatable bonds is 8. The molecular formula is C46H78Cl2P2Ru+2. The summed E-state index contributed by atoms with van der Waals surface area (Å²) >= 11 is -1.64. The van der Waals surface area contributed by atoms with Crippen molar-refractivity contribution in [3.05, 3.63) is 42.0 Å². The van der Waals surface area contributed by atoms with Crippen molar-refractivity contribution in [3.63, 3.8) is 0 Å². The molecule has 0 unspecified atom stereocenters. The van der Waals surface area contributed by atoms with Gasteiger partial charge in [-0.05, 0) is 154 Å². The number of benzene rings is 1. The fraction of sp³-hybridized carbons (Fsp3) is 0.804. The molecule has 0 N–H and O–H groups in total. The van der Waals surface area contributed by atoms with Gasteiger partial charge in [-0.15, -0.1) is 0 Å². The summed E-state index contributed by atoms with van der Waals surface area (Å²) in [5, 5.41) is 0. The largest absolute Gasteiger partial charge is 0.0680 e. The molecule has 0 heterocycles. The van der Waals surface area contributed by atoms with E-state index in [-0.39, 0.29) is 15.8 Å². The van der Waals surface area contributed by atoms with Crippen LogP contribution in [-0.4, -0.2) is 38.6 Å². The zero-order chi connectivity index (χ0) is 35.5. The number of hydrogen-bond donors (Lipinski definition) is 0. The fourth-order valence-electron chi connectivity index (χ4n) is 11.5. The van der Waals surface area contributed by atoms with Crippen LogP contribution in [0, 0.1) is 0 Å². The molecule has 0 atom stereocenters. The Morgan fingerprint density at radius 2 is 0.706 bits per heavy atom. The molecule has 6 aliphatic carbocycles. The summed E-state index contributed by atoms with van der Waals surface area (Å²) in [6.45, 7) is 2.05. The van der Waals surface area contributed by atoms with Crippen LogP contribution in [0.3, 0.4) is 0 Å². The average Bonchev–Trinajstić information content (AvgIpc) is 3.20. The van der Waals surface area contributed by atoms with Crippen LogP contribution in [0.25, 0.3) is 5.57 Å². The van der Waals surface area contributed by atoms with Gasteiger partial charge in [0.25, 0.3) is 0 Å². The van der Waals surface area contributed by atoms with E-state index in [1.807, 2.05) is 28.9 Å². The van der Waals surface area contributed by atoms with Crippen molar-refractivity contribution in [2.24, 2.45) is 0 Å². The molecule has 1 aromatic carbocycles. The van der Waals surface area contributed by atoms with Crippen molar-refractivity contribution in [2.75, 3.05) is 0 Å². The van der Waals surface area contributed by atoms with Gasteiger partial charge in [-0.25, -0.2) is 0 Å². The molecule has 0 spiro atoms. The van der Waals surface area contributed by atoms with Gasteiger partial charge >= 0.3 is 92.0 Å². The Bertz CT molecular complexity index is 960. The molecule has 0 bridgehead atoms. The quantitative estimate of drug-likeness (QED) is 0.180. The van der Waals surface area contributed by atoms with E-state index < -0.39 is 13.5 Å². The molecule has 0 aliphatic heterocycles. The van der Waals surface area contributed by atoms with E-state index in [1.165, 1.54) is 45.1 Å². The van der Waals surface area contributed by atoms with Gasteiger partial charge in [0.15, 0.2) is 0 Å². The molecule has 51 heavy (non-hydrogen) atoms. The first-order valence-corrected chi connectivity index (χ1v) is 31.3. The van der Waals surface area contributed by atoms with Crippen molar-refractivity contribution in [2.45, 2.75) is 234 Å². The van der Waals surface area contributed by atoms with Crippen LogP contribution in [-0.2, 0) is 13.5 Å². The Balaban J connectivity index is 0.000000152. The predicted molar refractivity (Wildman–Crippen MR) is 236 cm³/mol. The molecule has 0 amide bonds. The molecular weight excluding hydrogens is 786 g/mol. The van der Waals surface area contributed by atoms with Crippen molar-refractivity contribution < 1.29 is 13.5 Å². The zero-order valence-electron chi connectivity index (χ0n) is 32.8. The molecule has 0 saturated heterocycles. The minimum atomic E-state index is -1.64. The molecule has 6 saturated carbocycles. The maximum absolute atomic E-state index is 5.72. The summed E-state index contributed by atoms with van der Waals surface area (Å²) in [6, 6.07) is 10.2. The summed E-state index contributed by atoms with van der Waals surface area (Å²) in [5.41, 5.74) is 9.77. The van der Waals surface area contributed by atoms with Gasteiger partial charge in [0.05, 0.1) is 34.0 Å². The van der Waals surface area contributed by atoms with E-state index in [2.05, 4.69) is 19.1 Å². The van der Waals surface area contributed by atoms with Crippen molar-refractivity contribution in [1.82, 2.24) is 0 Å². The monoisotopic (exact) mass is 864 g/mol. The maximum Gasteiger partial charge on any atom is 0.0680 e. The van der Waals surface area contributed by atoms with Gasteiger partial charge in [0.2, 0.25) is 0 Å². The Morgan fingerprint density at radius 3 is 0.941 bits per heavy atom. The first-order valence-electron chi connectivity index (χ1n) is 22.4. The molecule has 0 nitrogen and oxygen atoms in total. The topological polar surface area (TPSA) is 0 Å². The second-order valence-electron chi connectivity index (χ2n) is 17.5. The molecule has 5 heteroatoms. The molecule has 6 fully saturated rings. The Hall–Kier alpha value is 0.893. The number of hydrogen-bond acceptors (Lipinski definition) is 0. The fourth-order valence-corrected chi connectivity index (χ4v) is 23.2. The van der Waals surface area contributed by atoms with Gasteiger partial charge in [0.1, 0.15) is 0 Å². The summed E-state index contributed by atoms with van der Waals surface area (Å²) in [4.78, 5) is 0. The van der Waals surface area contributed by atoms with Crippen LogP contribution in [0.4, 0.5) is 0 Å². The molecule has 0 radical (unpaired) electrons. The standard InChI is InChI=1S/2C18H33P.C10H10.2ClH.Ru/c2*1-4-10-16(11-5-1)19(17-12-6-2-7-13-17)18-14-8-3-9-15-18;1-3-9(2)10-7-5-4-6-8-10;;;/h2*16-18H,1-15H2;1,3-8H,2H3;2*1H;/q;;;;;+2/b;;9-3+;;;. The summed E-state index contributed by atoms with van der Waals surface area (Å²) in [7, 11) is 11.3. The van der Waals surface area contributed by atoms with Gasteiger partial charge in [-0.3, -0.25) is 0 Å². The minimum absolute atomic E-state index is 0.0465. The van der Waals surface area contributed by atoms with E-state index in [1.54, 1.807) is 193 Å². The Labute approximate surface area is 332 Å². The van der Waals surface area contributed by atoms with Gasteiger partial charge in [-0.2, -0.15) is 0 Å². The minimum Gasteiger partial charge on any atom is -0.0530 e. The van der Waals surface area contributed by atoms with Crippen molar-refractivity contribution in [1.29, 1.82) is 0 Å². The van der Waals surface area contributed by atoms with Crippen molar-refractivity contribution >= 4 is 45.4 Å². The van der Waals surface area contributed by atoms with Crippen LogP contribution < -0.4 is 0 Å². The number of halogens is 2. The predicted octanol–water partition coefficient (Wildman–Crippen LogP) is 16.2. The van der Waals surface area contributed by atoms with Gasteiger partial charge in [-0.1, -0.05) is 38.5 Å². The molecule has 0 aromatic heterocycles. The van der Waals surface area contributed by atoms with E-state index in [4.69, 9.17) is 19.4 Å². The van der Waals surface area contributed by atoms with Gasteiger partial charge in [0, 0.05) is 15.8 Å². The molecule has 292 valence electrons. The van der Waals surface area contributed by atoms with Crippen LogP contribution in [0.5, 0.6) is 0 Å². The van der Waals surface area contributed by atoms with Crippen LogP contribution in [0.15, 0.2) is 36.4 Å². The van der Waals surface area contributed by atoms with Crippen LogP contribution in [0.2, 0.25) is 0 Å². The van der Waals surface area contributed by atoms with E-state index in [9.17, 15) is 0 Å². The smallest absolute Gasteiger partial charge is 0.0530 e. The Morgan fingerprint density at radius 1 is 0.451 bits per heavy atom. The molecule has 7 rings (SSSR count).